The van der Waals surface area contributed by atoms with Crippen LogP contribution in [0.5, 0.6) is 5.75 Å². The van der Waals surface area contributed by atoms with Gasteiger partial charge in [0.05, 0.1) is 18.5 Å². The number of hydrogen-bond donors (Lipinski definition) is 1. The second-order valence-corrected chi connectivity index (χ2v) is 11.2. The minimum absolute atomic E-state index is 0.0450. The molecule has 1 amide bonds. The van der Waals surface area contributed by atoms with Gasteiger partial charge in [0.25, 0.3) is 5.91 Å². The molecule has 0 bridgehead atoms. The Labute approximate surface area is 185 Å². The van der Waals surface area contributed by atoms with Gasteiger partial charge in [-0.25, -0.2) is 8.42 Å². The van der Waals surface area contributed by atoms with Crippen LogP contribution in [0.2, 0.25) is 0 Å². The van der Waals surface area contributed by atoms with Crippen molar-refractivity contribution < 1.29 is 17.9 Å². The number of nitrogens with zero attached hydrogens (tertiary/aromatic N) is 1. The van der Waals surface area contributed by atoms with Crippen LogP contribution in [0.4, 0.5) is 5.69 Å². The fourth-order valence-corrected chi connectivity index (χ4v) is 4.51. The molecule has 1 heterocycles. The van der Waals surface area contributed by atoms with E-state index in [1.54, 1.807) is 6.07 Å². The number of rotatable bonds is 6. The van der Waals surface area contributed by atoms with Gasteiger partial charge in [-0.2, -0.15) is 0 Å². The lowest BCUT2D eigenvalue weighted by atomic mass is 9.86. The molecule has 0 unspecified atom stereocenters. The second-order valence-electron chi connectivity index (χ2n) is 9.27. The summed E-state index contributed by atoms with van der Waals surface area (Å²) >= 11 is 0. The third-order valence-corrected chi connectivity index (χ3v) is 6.63. The number of anilines is 1. The molecule has 0 fully saturated rings. The minimum Gasteiger partial charge on any atom is -0.476 e. The van der Waals surface area contributed by atoms with Crippen LogP contribution in [-0.4, -0.2) is 39.3 Å². The first-order valence-electron chi connectivity index (χ1n) is 10.6. The SMILES string of the molecule is C[C@H](CCc1ccccc1)NC(=O)[C@@H]1CN(S(C)(=O)=O)c2cc(C(C)(C)C)ccc2O1. The van der Waals surface area contributed by atoms with E-state index in [4.69, 9.17) is 4.74 Å². The summed E-state index contributed by atoms with van der Waals surface area (Å²) in [5.41, 5.74) is 2.56. The molecule has 1 aliphatic rings. The van der Waals surface area contributed by atoms with E-state index in [0.717, 1.165) is 24.7 Å². The fraction of sp³-hybridized carbons (Fsp3) is 0.458. The number of aryl methyl sites for hydroxylation is 1. The van der Waals surface area contributed by atoms with E-state index >= 15 is 0 Å². The molecule has 0 spiro atoms. The molecule has 0 saturated heterocycles. The summed E-state index contributed by atoms with van der Waals surface area (Å²) in [7, 11) is -3.57. The smallest absolute Gasteiger partial charge is 0.263 e. The van der Waals surface area contributed by atoms with Gasteiger partial charge < -0.3 is 10.1 Å². The number of hydrogen-bond acceptors (Lipinski definition) is 4. The van der Waals surface area contributed by atoms with Gasteiger partial charge in [-0.05, 0) is 48.4 Å². The summed E-state index contributed by atoms with van der Waals surface area (Å²) in [6.45, 7) is 8.10. The first kappa shape index (κ1) is 23.1. The zero-order valence-electron chi connectivity index (χ0n) is 18.9. The van der Waals surface area contributed by atoms with E-state index in [2.05, 4.69) is 38.2 Å². The normalized spacial score (nSPS) is 17.5. The summed E-state index contributed by atoms with van der Waals surface area (Å²) in [6.07, 6.45) is 1.89. The fourth-order valence-electron chi connectivity index (χ4n) is 3.60. The van der Waals surface area contributed by atoms with E-state index in [1.807, 2.05) is 37.3 Å². The van der Waals surface area contributed by atoms with Gasteiger partial charge in [0.15, 0.2) is 6.10 Å². The number of amides is 1. The van der Waals surface area contributed by atoms with Crippen LogP contribution in [0.15, 0.2) is 48.5 Å². The topological polar surface area (TPSA) is 75.7 Å². The van der Waals surface area contributed by atoms with Gasteiger partial charge in [-0.3, -0.25) is 9.10 Å². The second kappa shape index (κ2) is 8.91. The van der Waals surface area contributed by atoms with Crippen molar-refractivity contribution in [1.82, 2.24) is 5.32 Å². The monoisotopic (exact) mass is 444 g/mol. The Bertz CT molecular complexity index is 1030. The lowest BCUT2D eigenvalue weighted by Gasteiger charge is -2.35. The van der Waals surface area contributed by atoms with E-state index in [0.29, 0.717) is 11.4 Å². The van der Waals surface area contributed by atoms with Crippen molar-refractivity contribution >= 4 is 21.6 Å². The Morgan fingerprint density at radius 3 is 2.48 bits per heavy atom. The van der Waals surface area contributed by atoms with Gasteiger partial charge in [0.2, 0.25) is 10.0 Å². The van der Waals surface area contributed by atoms with Crippen LogP contribution in [0.25, 0.3) is 0 Å². The molecule has 31 heavy (non-hydrogen) atoms. The molecule has 2 aromatic rings. The van der Waals surface area contributed by atoms with Crippen molar-refractivity contribution in [3.8, 4) is 5.75 Å². The van der Waals surface area contributed by atoms with Crippen molar-refractivity contribution in [3.05, 3.63) is 59.7 Å². The van der Waals surface area contributed by atoms with Crippen LogP contribution in [0.3, 0.4) is 0 Å². The summed E-state index contributed by atoms with van der Waals surface area (Å²) in [5.74, 6) is 0.0986. The van der Waals surface area contributed by atoms with Crippen LogP contribution in [-0.2, 0) is 26.7 Å². The number of ether oxygens (including phenoxy) is 1. The van der Waals surface area contributed by atoms with Crippen molar-refractivity contribution in [2.45, 2.75) is 58.1 Å². The summed E-state index contributed by atoms with van der Waals surface area (Å²) in [4.78, 5) is 12.9. The Balaban J connectivity index is 1.73. The molecule has 0 aromatic heterocycles. The molecular formula is C24H32N2O4S. The Kier molecular flexibility index (Phi) is 6.65. The zero-order valence-corrected chi connectivity index (χ0v) is 19.7. The molecule has 0 aliphatic carbocycles. The Morgan fingerprint density at radius 2 is 1.87 bits per heavy atom. The van der Waals surface area contributed by atoms with Crippen molar-refractivity contribution in [3.63, 3.8) is 0 Å². The van der Waals surface area contributed by atoms with Gasteiger partial charge in [-0.15, -0.1) is 0 Å². The standard InChI is InChI=1S/C24H32N2O4S/c1-17(11-12-18-9-7-6-8-10-18)25-23(27)22-16-26(31(5,28)29)20-15-19(24(2,3)4)13-14-21(20)30-22/h6-10,13-15,17,22H,11-12,16H2,1-5H3,(H,25,27)/t17-,22+/m1/s1. The number of carbonyl (C=O) groups excluding carboxylic acids is 1. The Morgan fingerprint density at radius 1 is 1.19 bits per heavy atom. The van der Waals surface area contributed by atoms with Crippen LogP contribution >= 0.6 is 0 Å². The highest BCUT2D eigenvalue weighted by Crippen LogP contribution is 2.38. The predicted octanol–water partition coefficient (Wildman–Crippen LogP) is 3.65. The van der Waals surface area contributed by atoms with Crippen molar-refractivity contribution in [2.24, 2.45) is 0 Å². The van der Waals surface area contributed by atoms with Gasteiger partial charge >= 0.3 is 0 Å². The largest absolute Gasteiger partial charge is 0.476 e. The van der Waals surface area contributed by atoms with Gasteiger partial charge in [0.1, 0.15) is 5.75 Å². The lowest BCUT2D eigenvalue weighted by Crippen LogP contribution is -2.52. The number of benzene rings is 2. The number of fused-ring (bicyclic) bond motifs is 1. The maximum absolute atomic E-state index is 12.9. The lowest BCUT2D eigenvalue weighted by molar-refractivity contribution is -0.128. The van der Waals surface area contributed by atoms with Crippen molar-refractivity contribution in [1.29, 1.82) is 0 Å². The summed E-state index contributed by atoms with van der Waals surface area (Å²) < 4.78 is 32.2. The Hall–Kier alpha value is -2.54. The van der Waals surface area contributed by atoms with E-state index in [1.165, 1.54) is 9.87 Å². The van der Waals surface area contributed by atoms with Gasteiger partial charge in [0, 0.05) is 6.04 Å². The zero-order chi connectivity index (χ0) is 22.8. The predicted molar refractivity (Wildman–Crippen MR) is 124 cm³/mol. The highest BCUT2D eigenvalue weighted by Gasteiger charge is 2.36. The summed E-state index contributed by atoms with van der Waals surface area (Å²) in [5, 5.41) is 2.97. The molecule has 2 atom stereocenters. The quantitative estimate of drug-likeness (QED) is 0.738. The highest BCUT2D eigenvalue weighted by atomic mass is 32.2. The van der Waals surface area contributed by atoms with E-state index in [-0.39, 0.29) is 23.9 Å². The van der Waals surface area contributed by atoms with Crippen LogP contribution in [0.1, 0.15) is 45.2 Å². The minimum atomic E-state index is -3.57. The number of nitrogens with one attached hydrogen (secondary N) is 1. The first-order chi connectivity index (χ1) is 14.4. The third kappa shape index (κ3) is 5.79. The van der Waals surface area contributed by atoms with Crippen LogP contribution in [0, 0.1) is 0 Å². The molecular weight excluding hydrogens is 412 g/mol. The molecule has 2 aromatic carbocycles. The van der Waals surface area contributed by atoms with Crippen molar-refractivity contribution in [2.75, 3.05) is 17.1 Å². The molecule has 6 nitrogen and oxygen atoms in total. The summed E-state index contributed by atoms with van der Waals surface area (Å²) in [6, 6.07) is 15.5. The molecule has 0 radical (unpaired) electrons. The van der Waals surface area contributed by atoms with E-state index in [9.17, 15) is 13.2 Å². The molecule has 7 heteroatoms. The van der Waals surface area contributed by atoms with Crippen LogP contribution < -0.4 is 14.4 Å². The third-order valence-electron chi connectivity index (χ3n) is 5.48. The first-order valence-corrected chi connectivity index (χ1v) is 12.4. The average molecular weight is 445 g/mol. The number of sulfonamides is 1. The number of carbonyl (C=O) groups is 1. The average Bonchev–Trinajstić information content (AvgIpc) is 2.70. The van der Waals surface area contributed by atoms with E-state index < -0.39 is 16.1 Å². The maximum atomic E-state index is 12.9. The molecule has 1 aliphatic heterocycles. The van der Waals surface area contributed by atoms with Gasteiger partial charge in [-0.1, -0.05) is 57.2 Å². The highest BCUT2D eigenvalue weighted by molar-refractivity contribution is 7.92. The molecule has 3 rings (SSSR count). The molecule has 1 N–H and O–H groups in total. The molecule has 168 valence electrons. The molecule has 0 saturated carbocycles. The maximum Gasteiger partial charge on any atom is 0.263 e.